The van der Waals surface area contributed by atoms with Crippen molar-refractivity contribution in [3.63, 3.8) is 0 Å². The first-order chi connectivity index (χ1) is 17.7. The van der Waals surface area contributed by atoms with Gasteiger partial charge in [0.05, 0.1) is 11.3 Å². The Morgan fingerprint density at radius 2 is 1.89 bits per heavy atom. The van der Waals surface area contributed by atoms with E-state index in [-0.39, 0.29) is 10.7 Å². The number of terminal acetylenes is 1. The van der Waals surface area contributed by atoms with Gasteiger partial charge >= 0.3 is 0 Å². The van der Waals surface area contributed by atoms with Crippen molar-refractivity contribution in [1.82, 2.24) is 20.2 Å². The fourth-order valence-corrected chi connectivity index (χ4v) is 4.57. The maximum atomic E-state index is 13.1. The molecule has 0 aliphatic heterocycles. The molecule has 0 atom stereocenters. The molecule has 0 unspecified atom stereocenters. The predicted molar refractivity (Wildman–Crippen MR) is 124 cm³/mol. The number of H-pyrrole nitrogens is 1. The monoisotopic (exact) mass is 540 g/mol. The zero-order chi connectivity index (χ0) is 26.6. The highest BCUT2D eigenvalue weighted by atomic mass is 35.7. The van der Waals surface area contributed by atoms with Crippen LogP contribution in [0, 0.1) is 27.4 Å². The first-order valence-electron chi connectivity index (χ1n) is 11.1. The average molecular weight is 541 g/mol. The maximum Gasteiger partial charge on any atom is 0.257 e. The van der Waals surface area contributed by atoms with Crippen molar-refractivity contribution in [2.45, 2.75) is 32.2 Å². The number of pyridine rings is 1. The molecule has 5 rings (SSSR count). The normalized spacial score (nSPS) is 12.7. The number of hydrogen-bond donors (Lipinski definition) is 2. The van der Waals surface area contributed by atoms with Crippen molar-refractivity contribution in [2.24, 2.45) is 0 Å². The van der Waals surface area contributed by atoms with Gasteiger partial charge in [-0.2, -0.15) is 9.78 Å². The van der Waals surface area contributed by atoms with Crippen LogP contribution in [0.4, 0.5) is 5.69 Å². The van der Waals surface area contributed by atoms with Crippen LogP contribution in [0.15, 0.2) is 48.5 Å². The number of nitrogens with one attached hydrogen (secondary N) is 2. The van der Waals surface area contributed by atoms with E-state index in [0.29, 0.717) is 23.5 Å². The summed E-state index contributed by atoms with van der Waals surface area (Å²) in [5.74, 6) is 2.54. The van der Waals surface area contributed by atoms with Gasteiger partial charge in [0, 0.05) is 29.1 Å². The van der Waals surface area contributed by atoms with Gasteiger partial charge in [-0.15, -0.1) is 16.7 Å². The molecular formula is C24H21ClN6O5S. The molecule has 2 heterocycles. The number of carbonyl (C=O) groups excluding carboxylic acids is 1. The molecule has 13 heteroatoms. The number of hydrogen-bond acceptors (Lipinski definition) is 8. The van der Waals surface area contributed by atoms with Crippen LogP contribution < -0.4 is 28.5 Å². The second-order valence-electron chi connectivity index (χ2n) is 8.15. The van der Waals surface area contributed by atoms with Gasteiger partial charge in [-0.25, -0.2) is 23.3 Å². The summed E-state index contributed by atoms with van der Waals surface area (Å²) in [6, 6.07) is 15.3. The van der Waals surface area contributed by atoms with Crippen LogP contribution >= 0.6 is 12.2 Å². The summed E-state index contributed by atoms with van der Waals surface area (Å²) in [7, 11) is -4.94. The molecule has 1 aliphatic carbocycles. The summed E-state index contributed by atoms with van der Waals surface area (Å²) < 4.78 is 38.0. The van der Waals surface area contributed by atoms with Crippen LogP contribution in [-0.4, -0.2) is 26.1 Å². The molecule has 2 N–H and O–H groups in total. The number of nitrogens with zero attached hydrogens (tertiary/aromatic N) is 4. The lowest BCUT2D eigenvalue weighted by atomic mass is 9.94. The van der Waals surface area contributed by atoms with Crippen molar-refractivity contribution < 1.29 is 38.2 Å². The summed E-state index contributed by atoms with van der Waals surface area (Å²) in [5, 5.41) is 14.3. The number of para-hydroxylation sites is 1. The molecule has 2 aromatic carbocycles. The number of aryl methyl sites for hydroxylation is 1. The van der Waals surface area contributed by atoms with Crippen LogP contribution in [0.5, 0.6) is 0 Å². The van der Waals surface area contributed by atoms with E-state index in [2.05, 4.69) is 37.4 Å². The Hall–Kier alpha value is -3.70. The van der Waals surface area contributed by atoms with E-state index in [1.807, 2.05) is 24.3 Å². The third kappa shape index (κ3) is 6.36. The minimum absolute atomic E-state index is 0.245. The number of anilines is 1. The molecule has 1 aliphatic rings. The zero-order valence-electron chi connectivity index (χ0n) is 19.3. The van der Waals surface area contributed by atoms with Crippen molar-refractivity contribution in [3.8, 4) is 18.0 Å². The Balaban J connectivity index is 0.000000586. The molecule has 0 fully saturated rings. The lowest BCUT2D eigenvalue weighted by Gasteiger charge is -2.17. The number of halogens is 1. The van der Waals surface area contributed by atoms with Crippen molar-refractivity contribution in [1.29, 1.82) is 0 Å². The van der Waals surface area contributed by atoms with Crippen LogP contribution in [0.1, 0.15) is 34.5 Å². The van der Waals surface area contributed by atoms with Gasteiger partial charge in [-0.1, -0.05) is 22.4 Å². The Kier molecular flexibility index (Phi) is 7.94. The van der Waals surface area contributed by atoms with Gasteiger partial charge in [0.15, 0.2) is 5.69 Å². The smallest absolute Gasteiger partial charge is 0.257 e. The number of carbonyl (C=O) groups is 1. The van der Waals surface area contributed by atoms with Crippen LogP contribution in [0.25, 0.3) is 16.6 Å². The molecule has 1 amide bonds. The van der Waals surface area contributed by atoms with Gasteiger partial charge in [0.1, 0.15) is 0 Å². The maximum absolute atomic E-state index is 13.1. The predicted octanol–water partition coefficient (Wildman–Crippen LogP) is -1.23. The van der Waals surface area contributed by atoms with E-state index in [4.69, 9.17) is 37.3 Å². The summed E-state index contributed by atoms with van der Waals surface area (Å²) in [4.78, 5) is 13.1. The van der Waals surface area contributed by atoms with Crippen molar-refractivity contribution >= 4 is 34.7 Å². The second kappa shape index (κ2) is 11.1. The zero-order valence-corrected chi connectivity index (χ0v) is 20.9. The highest BCUT2D eigenvalue weighted by molar-refractivity contribution is 7.71. The molecule has 37 heavy (non-hydrogen) atoms. The molecule has 4 aromatic rings. The number of aromatic nitrogens is 5. The molecular weight excluding hydrogens is 520 g/mol. The summed E-state index contributed by atoms with van der Waals surface area (Å²) >= 11 is 5.19. The van der Waals surface area contributed by atoms with Crippen LogP contribution in [0.3, 0.4) is 0 Å². The highest BCUT2D eigenvalue weighted by Gasteiger charge is 2.23. The topological polar surface area (TPSA) is 172 Å². The first-order valence-corrected chi connectivity index (χ1v) is 12.7. The number of fused-ring (bicyclic) bond motifs is 2. The molecule has 0 bridgehead atoms. The Labute approximate surface area is 218 Å². The summed E-state index contributed by atoms with van der Waals surface area (Å²) in [5.41, 5.74) is 5.51. The largest absolute Gasteiger partial charge is 0.322 e. The third-order valence-electron chi connectivity index (χ3n) is 5.82. The number of benzene rings is 2. The average Bonchev–Trinajstić information content (AvgIpc) is 3.28. The second-order valence-corrected chi connectivity index (χ2v) is 9.28. The summed E-state index contributed by atoms with van der Waals surface area (Å²) in [6.07, 6.45) is 10.1. The number of amides is 1. The van der Waals surface area contributed by atoms with Gasteiger partial charge in [-0.05, 0) is 67.7 Å². The number of rotatable bonds is 4. The van der Waals surface area contributed by atoms with Gasteiger partial charge in [-0.3, -0.25) is 4.79 Å². The molecule has 0 radical (unpaired) electrons. The Bertz CT molecular complexity index is 1550. The Morgan fingerprint density at radius 1 is 1.16 bits per heavy atom. The molecule has 0 saturated heterocycles. The standard InChI is InChI=1S/C24H20N6OS.ClHO4/c1-2-13-29-20-9-5-3-7-16(20)14-17-15-18(11-12-21(17)29)25-23(31)19-8-4-6-10-22(19)30-24(32)26-27-28-30;2-1(3,4)5/h1,4,6,8,10-12,14-15H,3,5,7,9,13H2,(H-,25,26,28,31,32);(H,2,3,4,5). The van der Waals surface area contributed by atoms with E-state index in [0.717, 1.165) is 23.7 Å². The van der Waals surface area contributed by atoms with E-state index >= 15 is 0 Å². The lowest BCUT2D eigenvalue weighted by molar-refractivity contribution is -2.00. The van der Waals surface area contributed by atoms with E-state index in [1.165, 1.54) is 28.8 Å². The van der Waals surface area contributed by atoms with E-state index in [9.17, 15) is 4.79 Å². The quantitative estimate of drug-likeness (QED) is 0.184. The fraction of sp³-hybridized carbons (Fsp3) is 0.208. The number of tetrazole rings is 1. The molecule has 0 saturated carbocycles. The lowest BCUT2D eigenvalue weighted by Crippen LogP contribution is -2.68. The highest BCUT2D eigenvalue weighted by Crippen LogP contribution is 2.25. The first kappa shape index (κ1) is 26.4. The molecule has 0 spiro atoms. The van der Waals surface area contributed by atoms with Gasteiger partial charge < -0.3 is 5.32 Å². The molecule has 11 nitrogen and oxygen atoms in total. The van der Waals surface area contributed by atoms with Gasteiger partial charge in [0.2, 0.25) is 16.8 Å². The van der Waals surface area contributed by atoms with Gasteiger partial charge in [0.25, 0.3) is 5.91 Å². The van der Waals surface area contributed by atoms with E-state index < -0.39 is 10.2 Å². The van der Waals surface area contributed by atoms with Crippen LogP contribution in [0.2, 0.25) is 0 Å². The Morgan fingerprint density at radius 3 is 2.59 bits per heavy atom. The third-order valence-corrected chi connectivity index (χ3v) is 6.09. The SMILES string of the molecule is C#CC[n+]1c2c(cc3cc(NC(=O)c4ccccc4-n4[nH]nnc4=S)ccc31)CCCC2.[O-][Cl+3]([O-])([O-])[O-]. The number of aromatic amines is 1. The molecule has 2 aromatic heterocycles. The van der Waals surface area contributed by atoms with Crippen LogP contribution in [-0.2, 0) is 19.4 Å². The summed E-state index contributed by atoms with van der Waals surface area (Å²) in [6.45, 7) is 0.539. The minimum atomic E-state index is -4.94. The van der Waals surface area contributed by atoms with Crippen molar-refractivity contribution in [2.75, 3.05) is 5.32 Å². The van der Waals surface area contributed by atoms with Crippen molar-refractivity contribution in [3.05, 3.63) is 70.1 Å². The van der Waals surface area contributed by atoms with E-state index in [1.54, 1.807) is 18.2 Å². The molecule has 190 valence electrons. The fourth-order valence-electron chi connectivity index (χ4n) is 4.39. The minimum Gasteiger partial charge on any atom is -0.322 e.